The second-order valence-corrected chi connectivity index (χ2v) is 5.78. The normalized spacial score (nSPS) is 13.3. The topological polar surface area (TPSA) is 41.6 Å². The minimum Gasteiger partial charge on any atom is -0.473 e. The minimum absolute atomic E-state index is 0.0747. The summed E-state index contributed by atoms with van der Waals surface area (Å²) in [5, 5.41) is 2.80. The van der Waals surface area contributed by atoms with Crippen LogP contribution in [0.3, 0.4) is 0 Å². The fourth-order valence-corrected chi connectivity index (χ4v) is 2.92. The molecule has 0 radical (unpaired) electrons. The van der Waals surface area contributed by atoms with E-state index in [1.807, 2.05) is 36.4 Å². The van der Waals surface area contributed by atoms with E-state index in [1.54, 1.807) is 0 Å². The highest BCUT2D eigenvalue weighted by Gasteiger charge is 2.19. The zero-order valence-corrected chi connectivity index (χ0v) is 13.2. The van der Waals surface area contributed by atoms with Crippen LogP contribution in [0.25, 0.3) is 0 Å². The molecule has 1 aliphatic heterocycles. The van der Waals surface area contributed by atoms with Crippen LogP contribution < -0.4 is 15.0 Å². The van der Waals surface area contributed by atoms with Gasteiger partial charge in [0.25, 0.3) is 0 Å². The molecule has 108 valence electrons. The smallest absolute Gasteiger partial charge is 0.221 e. The van der Waals surface area contributed by atoms with E-state index >= 15 is 0 Å². The lowest BCUT2D eigenvalue weighted by atomic mass is 10.1. The van der Waals surface area contributed by atoms with E-state index in [0.717, 1.165) is 33.7 Å². The molecule has 0 spiro atoms. The zero-order valence-electron chi connectivity index (χ0n) is 11.6. The molecule has 1 heterocycles. The van der Waals surface area contributed by atoms with E-state index in [-0.39, 0.29) is 5.91 Å². The van der Waals surface area contributed by atoms with E-state index in [1.165, 1.54) is 6.92 Å². The molecule has 3 rings (SSSR count). The fraction of sp³-hybridized carbons (Fsp3) is 0.188. The van der Waals surface area contributed by atoms with Gasteiger partial charge in [0.15, 0.2) is 6.73 Å². The van der Waals surface area contributed by atoms with Crippen molar-refractivity contribution in [3.05, 3.63) is 52.5 Å². The van der Waals surface area contributed by atoms with Gasteiger partial charge in [0.1, 0.15) is 5.75 Å². The molecule has 0 aliphatic carbocycles. The second-order valence-electron chi connectivity index (χ2n) is 4.93. The van der Waals surface area contributed by atoms with E-state index in [2.05, 4.69) is 32.2 Å². The van der Waals surface area contributed by atoms with Gasteiger partial charge in [0.05, 0.1) is 5.69 Å². The molecule has 0 fully saturated rings. The molecule has 5 heteroatoms. The van der Waals surface area contributed by atoms with Gasteiger partial charge in [-0.15, -0.1) is 0 Å². The first-order valence-electron chi connectivity index (χ1n) is 6.66. The monoisotopic (exact) mass is 346 g/mol. The number of fused-ring (bicyclic) bond motifs is 1. The summed E-state index contributed by atoms with van der Waals surface area (Å²) in [7, 11) is 0. The summed E-state index contributed by atoms with van der Waals surface area (Å²) in [6.07, 6.45) is 0. The Morgan fingerprint density at radius 1 is 1.29 bits per heavy atom. The van der Waals surface area contributed by atoms with Crippen molar-refractivity contribution in [2.45, 2.75) is 13.5 Å². The van der Waals surface area contributed by atoms with Crippen molar-refractivity contribution in [1.82, 2.24) is 0 Å². The molecule has 0 bridgehead atoms. The molecular weight excluding hydrogens is 332 g/mol. The van der Waals surface area contributed by atoms with E-state index < -0.39 is 0 Å². The van der Waals surface area contributed by atoms with E-state index in [4.69, 9.17) is 4.74 Å². The van der Waals surface area contributed by atoms with Crippen molar-refractivity contribution in [3.8, 4) is 5.75 Å². The lowest BCUT2D eigenvalue weighted by molar-refractivity contribution is -0.114. The third-order valence-corrected chi connectivity index (χ3v) is 3.98. The lowest BCUT2D eigenvalue weighted by Crippen LogP contribution is -2.32. The summed E-state index contributed by atoms with van der Waals surface area (Å²) in [4.78, 5) is 13.3. The van der Waals surface area contributed by atoms with Gasteiger partial charge in [-0.2, -0.15) is 0 Å². The van der Waals surface area contributed by atoms with Crippen LogP contribution >= 0.6 is 15.9 Å². The van der Waals surface area contributed by atoms with Crippen LogP contribution in [0.4, 0.5) is 11.4 Å². The second kappa shape index (κ2) is 5.77. The first kappa shape index (κ1) is 13.9. The number of nitrogens with zero attached hydrogens (tertiary/aromatic N) is 1. The van der Waals surface area contributed by atoms with Crippen LogP contribution in [0.5, 0.6) is 5.75 Å². The maximum Gasteiger partial charge on any atom is 0.221 e. The lowest BCUT2D eigenvalue weighted by Gasteiger charge is -2.31. The molecule has 1 aliphatic rings. The van der Waals surface area contributed by atoms with Crippen LogP contribution in [-0.2, 0) is 11.3 Å². The molecule has 0 saturated carbocycles. The van der Waals surface area contributed by atoms with E-state index in [9.17, 15) is 4.79 Å². The maximum absolute atomic E-state index is 11.2. The average Bonchev–Trinajstić information content (AvgIpc) is 2.46. The summed E-state index contributed by atoms with van der Waals surface area (Å²) in [6.45, 7) is 2.75. The first-order chi connectivity index (χ1) is 10.1. The number of carbonyl (C=O) groups excluding carboxylic acids is 1. The number of amides is 1. The van der Waals surface area contributed by atoms with Gasteiger partial charge in [-0.05, 0) is 46.3 Å². The van der Waals surface area contributed by atoms with Crippen molar-refractivity contribution in [1.29, 1.82) is 0 Å². The molecule has 0 saturated heterocycles. The number of halogens is 1. The highest BCUT2D eigenvalue weighted by Crippen LogP contribution is 2.33. The SMILES string of the molecule is CC(=O)Nc1ccc2c(c1)CN(c1ccccc1Br)CO2. The Bertz CT molecular complexity index is 688. The maximum atomic E-state index is 11.2. The van der Waals surface area contributed by atoms with E-state index in [0.29, 0.717) is 6.73 Å². The van der Waals surface area contributed by atoms with Crippen molar-refractivity contribution < 1.29 is 9.53 Å². The average molecular weight is 347 g/mol. The Balaban J connectivity index is 1.87. The standard InChI is InChI=1S/C16H15BrN2O2/c1-11(20)18-13-6-7-16-12(8-13)9-19(10-21-16)15-5-3-2-4-14(15)17/h2-8H,9-10H2,1H3,(H,18,20). The Morgan fingerprint density at radius 3 is 2.86 bits per heavy atom. The van der Waals surface area contributed by atoms with Crippen LogP contribution in [-0.4, -0.2) is 12.6 Å². The highest BCUT2D eigenvalue weighted by molar-refractivity contribution is 9.10. The summed E-state index contributed by atoms with van der Waals surface area (Å²) in [5.41, 5.74) is 2.94. The third kappa shape index (κ3) is 3.03. The van der Waals surface area contributed by atoms with Gasteiger partial charge < -0.3 is 15.0 Å². The molecule has 21 heavy (non-hydrogen) atoms. The van der Waals surface area contributed by atoms with Gasteiger partial charge in [0.2, 0.25) is 5.91 Å². The quantitative estimate of drug-likeness (QED) is 0.899. The van der Waals surface area contributed by atoms with Crippen molar-refractivity contribution in [2.75, 3.05) is 16.9 Å². The number of nitrogens with one attached hydrogen (secondary N) is 1. The molecule has 0 atom stereocenters. The number of carbonyl (C=O) groups is 1. The van der Waals surface area contributed by atoms with Gasteiger partial charge in [-0.1, -0.05) is 12.1 Å². The van der Waals surface area contributed by atoms with Crippen LogP contribution in [0.2, 0.25) is 0 Å². The summed E-state index contributed by atoms with van der Waals surface area (Å²) >= 11 is 3.56. The van der Waals surface area contributed by atoms with Crippen molar-refractivity contribution in [3.63, 3.8) is 0 Å². The van der Waals surface area contributed by atoms with Crippen LogP contribution in [0.15, 0.2) is 46.9 Å². The largest absolute Gasteiger partial charge is 0.473 e. The van der Waals surface area contributed by atoms with Crippen molar-refractivity contribution in [2.24, 2.45) is 0 Å². The first-order valence-corrected chi connectivity index (χ1v) is 7.45. The third-order valence-electron chi connectivity index (χ3n) is 3.31. The van der Waals surface area contributed by atoms with Gasteiger partial charge in [-0.25, -0.2) is 0 Å². The predicted molar refractivity (Wildman–Crippen MR) is 86.6 cm³/mol. The van der Waals surface area contributed by atoms with Gasteiger partial charge in [-0.3, -0.25) is 4.79 Å². The molecule has 0 unspecified atom stereocenters. The molecule has 2 aromatic carbocycles. The summed E-state index contributed by atoms with van der Waals surface area (Å²) in [5.74, 6) is 0.793. The summed E-state index contributed by atoms with van der Waals surface area (Å²) in [6, 6.07) is 13.8. The molecule has 1 amide bonds. The Kier molecular flexibility index (Phi) is 3.84. The summed E-state index contributed by atoms with van der Waals surface area (Å²) < 4.78 is 6.83. The fourth-order valence-electron chi connectivity index (χ4n) is 2.39. The number of benzene rings is 2. The highest BCUT2D eigenvalue weighted by atomic mass is 79.9. The van der Waals surface area contributed by atoms with Crippen LogP contribution in [0, 0.1) is 0 Å². The number of hydrogen-bond acceptors (Lipinski definition) is 3. The Hall–Kier alpha value is -2.01. The van der Waals surface area contributed by atoms with Gasteiger partial charge in [0, 0.05) is 29.2 Å². The predicted octanol–water partition coefficient (Wildman–Crippen LogP) is 3.76. The Labute approximate surface area is 131 Å². The number of ether oxygens (including phenoxy) is 1. The molecule has 2 aromatic rings. The van der Waals surface area contributed by atoms with Crippen LogP contribution in [0.1, 0.15) is 12.5 Å². The molecule has 4 nitrogen and oxygen atoms in total. The Morgan fingerprint density at radius 2 is 2.10 bits per heavy atom. The number of para-hydroxylation sites is 1. The molecule has 1 N–H and O–H groups in total. The van der Waals surface area contributed by atoms with Gasteiger partial charge >= 0.3 is 0 Å². The minimum atomic E-state index is -0.0747. The molecular formula is C16H15BrN2O2. The number of rotatable bonds is 2. The van der Waals surface area contributed by atoms with Crippen molar-refractivity contribution >= 4 is 33.2 Å². The molecule has 0 aromatic heterocycles. The zero-order chi connectivity index (χ0) is 14.8. The number of anilines is 2. The number of hydrogen-bond donors (Lipinski definition) is 1.